The normalized spacial score (nSPS) is 9.70. The molecule has 0 aliphatic carbocycles. The van der Waals surface area contributed by atoms with E-state index in [2.05, 4.69) is 10.1 Å². The fourth-order valence-electron chi connectivity index (χ4n) is 1.11. The molecule has 0 aliphatic heterocycles. The summed E-state index contributed by atoms with van der Waals surface area (Å²) in [5, 5.41) is 4.11. The highest BCUT2D eigenvalue weighted by atomic mass is 32.2. The third-order valence-corrected chi connectivity index (χ3v) is 3.05. The van der Waals surface area contributed by atoms with Crippen LogP contribution in [0.15, 0.2) is 29.2 Å². The number of hydrogen-bond acceptors (Lipinski definition) is 5. The fraction of sp³-hybridized carbons (Fsp3) is 0.250. The van der Waals surface area contributed by atoms with E-state index in [0.717, 1.165) is 11.8 Å². The fourth-order valence-corrected chi connectivity index (χ4v) is 1.85. The monoisotopic (exact) mass is 300 g/mol. The van der Waals surface area contributed by atoms with Crippen LogP contribution in [0, 0.1) is 5.82 Å². The van der Waals surface area contributed by atoms with Gasteiger partial charge in [-0.25, -0.2) is 9.18 Å². The van der Waals surface area contributed by atoms with Crippen molar-refractivity contribution in [3.8, 4) is 0 Å². The summed E-state index contributed by atoms with van der Waals surface area (Å²) in [6, 6.07) is 5.32. The number of nitrogens with one attached hydrogen (secondary N) is 2. The second-order valence-electron chi connectivity index (χ2n) is 3.51. The van der Waals surface area contributed by atoms with Gasteiger partial charge in [0.15, 0.2) is 6.61 Å². The van der Waals surface area contributed by atoms with E-state index in [1.807, 2.05) is 5.32 Å². The van der Waals surface area contributed by atoms with Gasteiger partial charge in [0.1, 0.15) is 5.82 Å². The van der Waals surface area contributed by atoms with Crippen molar-refractivity contribution in [1.29, 1.82) is 0 Å². The predicted molar refractivity (Wildman–Crippen MR) is 70.7 cm³/mol. The van der Waals surface area contributed by atoms with Gasteiger partial charge in [-0.15, -0.1) is 11.8 Å². The maximum absolute atomic E-state index is 13.3. The van der Waals surface area contributed by atoms with E-state index in [4.69, 9.17) is 0 Å². The highest BCUT2D eigenvalue weighted by molar-refractivity contribution is 8.00. The number of imide groups is 1. The summed E-state index contributed by atoms with van der Waals surface area (Å²) >= 11 is 0.965. The summed E-state index contributed by atoms with van der Waals surface area (Å²) in [6.45, 7) is -0.565. The van der Waals surface area contributed by atoms with Gasteiger partial charge < -0.3 is 10.1 Å². The molecule has 108 valence electrons. The first-order valence-corrected chi connectivity index (χ1v) is 6.56. The Kier molecular flexibility index (Phi) is 6.51. The van der Waals surface area contributed by atoms with Gasteiger partial charge in [0.05, 0.1) is 5.75 Å². The largest absolute Gasteiger partial charge is 0.455 e. The minimum absolute atomic E-state index is 0.131. The van der Waals surface area contributed by atoms with E-state index >= 15 is 0 Å². The van der Waals surface area contributed by atoms with Gasteiger partial charge in [0.25, 0.3) is 5.91 Å². The maximum Gasteiger partial charge on any atom is 0.321 e. The number of esters is 1. The number of rotatable bonds is 5. The van der Waals surface area contributed by atoms with Gasteiger partial charge in [-0.05, 0) is 12.1 Å². The van der Waals surface area contributed by atoms with Crippen LogP contribution in [0.3, 0.4) is 0 Å². The first-order chi connectivity index (χ1) is 9.52. The van der Waals surface area contributed by atoms with Crippen molar-refractivity contribution in [3.63, 3.8) is 0 Å². The number of amides is 3. The van der Waals surface area contributed by atoms with Crippen molar-refractivity contribution >= 4 is 29.7 Å². The molecular formula is C12H13FN2O4S. The van der Waals surface area contributed by atoms with Gasteiger partial charge in [-0.3, -0.25) is 14.9 Å². The molecule has 1 aromatic rings. The lowest BCUT2D eigenvalue weighted by molar-refractivity contribution is -0.145. The second kappa shape index (κ2) is 8.16. The molecule has 0 fully saturated rings. The van der Waals surface area contributed by atoms with E-state index in [0.29, 0.717) is 4.90 Å². The van der Waals surface area contributed by atoms with Gasteiger partial charge >= 0.3 is 12.0 Å². The SMILES string of the molecule is CNC(=O)NC(=O)COC(=O)CSc1ccccc1F. The average Bonchev–Trinajstić information content (AvgIpc) is 2.44. The van der Waals surface area contributed by atoms with Gasteiger partial charge in [-0.2, -0.15) is 0 Å². The highest BCUT2D eigenvalue weighted by Gasteiger charge is 2.11. The molecule has 2 N–H and O–H groups in total. The lowest BCUT2D eigenvalue weighted by atomic mass is 10.3. The molecule has 0 heterocycles. The van der Waals surface area contributed by atoms with Gasteiger partial charge in [-0.1, -0.05) is 12.1 Å². The molecule has 20 heavy (non-hydrogen) atoms. The average molecular weight is 300 g/mol. The Morgan fingerprint density at radius 2 is 2.00 bits per heavy atom. The van der Waals surface area contributed by atoms with E-state index < -0.39 is 30.3 Å². The zero-order valence-corrected chi connectivity index (χ0v) is 11.5. The molecule has 0 unspecified atom stereocenters. The number of thioether (sulfide) groups is 1. The molecule has 0 aliphatic rings. The van der Waals surface area contributed by atoms with Crippen LogP contribution in [0.5, 0.6) is 0 Å². The van der Waals surface area contributed by atoms with Crippen LogP contribution in [-0.2, 0) is 14.3 Å². The van der Waals surface area contributed by atoms with E-state index in [1.54, 1.807) is 12.1 Å². The molecule has 0 saturated heterocycles. The molecule has 0 aromatic heterocycles. The molecule has 0 atom stereocenters. The summed E-state index contributed by atoms with van der Waals surface area (Å²) in [5.41, 5.74) is 0. The number of hydrogen-bond donors (Lipinski definition) is 2. The Labute approximate surface area is 119 Å². The molecule has 1 rings (SSSR count). The van der Waals surface area contributed by atoms with Crippen molar-refractivity contribution in [2.75, 3.05) is 19.4 Å². The summed E-state index contributed by atoms with van der Waals surface area (Å²) in [5.74, 6) is -1.98. The number of urea groups is 1. The third kappa shape index (κ3) is 5.70. The minimum atomic E-state index is -0.742. The summed E-state index contributed by atoms with van der Waals surface area (Å²) in [7, 11) is 1.35. The zero-order valence-electron chi connectivity index (χ0n) is 10.6. The molecule has 8 heteroatoms. The Morgan fingerprint density at radius 3 is 2.65 bits per heavy atom. The van der Waals surface area contributed by atoms with Crippen LogP contribution < -0.4 is 10.6 Å². The van der Waals surface area contributed by atoms with E-state index in [1.165, 1.54) is 19.2 Å². The minimum Gasteiger partial charge on any atom is -0.455 e. The van der Waals surface area contributed by atoms with E-state index in [9.17, 15) is 18.8 Å². The topological polar surface area (TPSA) is 84.5 Å². The molecule has 0 radical (unpaired) electrons. The van der Waals surface area contributed by atoms with Crippen molar-refractivity contribution in [3.05, 3.63) is 30.1 Å². The summed E-state index contributed by atoms with van der Waals surface area (Å²) < 4.78 is 17.9. The van der Waals surface area contributed by atoms with Gasteiger partial charge in [0, 0.05) is 11.9 Å². The zero-order chi connectivity index (χ0) is 15.0. The van der Waals surface area contributed by atoms with Crippen LogP contribution in [0.25, 0.3) is 0 Å². The first-order valence-electron chi connectivity index (χ1n) is 5.57. The van der Waals surface area contributed by atoms with Crippen molar-refractivity contribution in [2.24, 2.45) is 0 Å². The number of halogens is 1. The molecular weight excluding hydrogens is 287 g/mol. The Balaban J connectivity index is 2.29. The summed E-state index contributed by atoms with van der Waals surface area (Å²) in [4.78, 5) is 33.6. The molecule has 3 amide bonds. The van der Waals surface area contributed by atoms with Crippen molar-refractivity contribution < 1.29 is 23.5 Å². The van der Waals surface area contributed by atoms with Crippen LogP contribution >= 0.6 is 11.8 Å². The van der Waals surface area contributed by atoms with Crippen LogP contribution in [0.2, 0.25) is 0 Å². The number of carbonyl (C=O) groups is 3. The van der Waals surface area contributed by atoms with E-state index in [-0.39, 0.29) is 5.75 Å². The quantitative estimate of drug-likeness (QED) is 0.624. The maximum atomic E-state index is 13.3. The number of carbonyl (C=O) groups excluding carboxylic acids is 3. The van der Waals surface area contributed by atoms with Crippen LogP contribution in [-0.4, -0.2) is 37.3 Å². The lowest BCUT2D eigenvalue weighted by Gasteiger charge is -2.05. The second-order valence-corrected chi connectivity index (χ2v) is 4.52. The highest BCUT2D eigenvalue weighted by Crippen LogP contribution is 2.20. The molecule has 0 spiro atoms. The molecule has 0 bridgehead atoms. The smallest absolute Gasteiger partial charge is 0.321 e. The van der Waals surface area contributed by atoms with Crippen molar-refractivity contribution in [2.45, 2.75) is 4.90 Å². The van der Waals surface area contributed by atoms with Crippen LogP contribution in [0.1, 0.15) is 0 Å². The summed E-state index contributed by atoms with van der Waals surface area (Å²) in [6.07, 6.45) is 0. The van der Waals surface area contributed by atoms with Gasteiger partial charge in [0.2, 0.25) is 0 Å². The Bertz CT molecular complexity index is 510. The standard InChI is InChI=1S/C12H13FN2O4S/c1-14-12(18)15-10(16)6-19-11(17)7-20-9-5-3-2-4-8(9)13/h2-5H,6-7H2,1H3,(H2,14,15,16,18). The van der Waals surface area contributed by atoms with Crippen LogP contribution in [0.4, 0.5) is 9.18 Å². The third-order valence-electron chi connectivity index (χ3n) is 2.03. The lowest BCUT2D eigenvalue weighted by Crippen LogP contribution is -2.39. The molecule has 6 nitrogen and oxygen atoms in total. The van der Waals surface area contributed by atoms with Crippen molar-refractivity contribution in [1.82, 2.24) is 10.6 Å². The molecule has 1 aromatic carbocycles. The Hall–Kier alpha value is -2.09. The number of benzene rings is 1. The molecule has 0 saturated carbocycles. The number of ether oxygens (including phenoxy) is 1. The predicted octanol–water partition coefficient (Wildman–Crippen LogP) is 0.917. The Morgan fingerprint density at radius 1 is 1.30 bits per heavy atom. The first kappa shape index (κ1) is 16.0.